The largest absolute Gasteiger partial charge is 0.303 e. The monoisotopic (exact) mass is 218 g/mol. The van der Waals surface area contributed by atoms with Gasteiger partial charge in [-0.25, -0.2) is 0 Å². The van der Waals surface area contributed by atoms with E-state index in [9.17, 15) is 4.79 Å². The van der Waals surface area contributed by atoms with Crippen LogP contribution in [0.1, 0.15) is 51.2 Å². The summed E-state index contributed by atoms with van der Waals surface area (Å²) < 4.78 is 0. The molecule has 0 saturated carbocycles. The van der Waals surface area contributed by atoms with Gasteiger partial charge in [-0.05, 0) is 29.9 Å². The molecule has 1 nitrogen and oxygen atoms in total. The van der Waals surface area contributed by atoms with Gasteiger partial charge >= 0.3 is 0 Å². The van der Waals surface area contributed by atoms with Crippen LogP contribution in [-0.2, 0) is 11.2 Å². The van der Waals surface area contributed by atoms with Gasteiger partial charge in [-0.1, -0.05) is 52.0 Å². The zero-order valence-electron chi connectivity index (χ0n) is 10.8. The average molecular weight is 218 g/mol. The van der Waals surface area contributed by atoms with Gasteiger partial charge in [-0.15, -0.1) is 0 Å². The molecule has 0 aliphatic heterocycles. The topological polar surface area (TPSA) is 17.1 Å². The van der Waals surface area contributed by atoms with E-state index in [1.807, 2.05) is 13.8 Å². The predicted octanol–water partition coefficient (Wildman–Crippen LogP) is 3.97. The van der Waals surface area contributed by atoms with Gasteiger partial charge in [0.2, 0.25) is 0 Å². The quantitative estimate of drug-likeness (QED) is 0.683. The molecule has 88 valence electrons. The number of hydrogen-bond acceptors (Lipinski definition) is 1. The maximum Gasteiger partial charge on any atom is 0.126 e. The SMILES string of the molecule is CCc1ccc(C(CC)C(C)(C)C=O)cc1. The normalized spacial score (nSPS) is 13.5. The highest BCUT2D eigenvalue weighted by Gasteiger charge is 2.28. The highest BCUT2D eigenvalue weighted by molar-refractivity contribution is 5.60. The molecule has 0 amide bonds. The molecule has 0 aliphatic rings. The number of aldehydes is 1. The Labute approximate surface area is 98.9 Å². The summed E-state index contributed by atoms with van der Waals surface area (Å²) in [6, 6.07) is 8.66. The van der Waals surface area contributed by atoms with Crippen molar-refractivity contribution in [2.75, 3.05) is 0 Å². The van der Waals surface area contributed by atoms with Crippen LogP contribution >= 0.6 is 0 Å². The van der Waals surface area contributed by atoms with Gasteiger partial charge in [0.1, 0.15) is 6.29 Å². The van der Waals surface area contributed by atoms with Crippen LogP contribution in [0.4, 0.5) is 0 Å². The fraction of sp³-hybridized carbons (Fsp3) is 0.533. The zero-order chi connectivity index (χ0) is 12.2. The molecule has 0 N–H and O–H groups in total. The first-order valence-corrected chi connectivity index (χ1v) is 6.10. The molecular weight excluding hydrogens is 196 g/mol. The first-order chi connectivity index (χ1) is 7.55. The number of aryl methyl sites for hydroxylation is 1. The summed E-state index contributed by atoms with van der Waals surface area (Å²) >= 11 is 0. The Balaban J connectivity index is 2.99. The Kier molecular flexibility index (Phi) is 4.28. The smallest absolute Gasteiger partial charge is 0.126 e. The Hall–Kier alpha value is -1.11. The summed E-state index contributed by atoms with van der Waals surface area (Å²) in [5, 5.41) is 0. The summed E-state index contributed by atoms with van der Waals surface area (Å²) in [5.74, 6) is 0.316. The number of carbonyl (C=O) groups is 1. The molecule has 0 spiro atoms. The molecule has 1 atom stereocenters. The molecule has 0 fully saturated rings. The summed E-state index contributed by atoms with van der Waals surface area (Å²) in [4.78, 5) is 11.1. The van der Waals surface area contributed by atoms with E-state index < -0.39 is 0 Å². The highest BCUT2D eigenvalue weighted by atomic mass is 16.1. The Morgan fingerprint density at radius 3 is 2.12 bits per heavy atom. The van der Waals surface area contributed by atoms with Crippen molar-refractivity contribution in [2.45, 2.75) is 46.5 Å². The lowest BCUT2D eigenvalue weighted by molar-refractivity contribution is -0.115. The molecule has 1 unspecified atom stereocenters. The van der Waals surface area contributed by atoms with Crippen molar-refractivity contribution in [3.63, 3.8) is 0 Å². The lowest BCUT2D eigenvalue weighted by Crippen LogP contribution is -2.23. The second-order valence-electron chi connectivity index (χ2n) is 5.00. The van der Waals surface area contributed by atoms with E-state index in [-0.39, 0.29) is 5.41 Å². The van der Waals surface area contributed by atoms with Gasteiger partial charge in [0.15, 0.2) is 0 Å². The van der Waals surface area contributed by atoms with Gasteiger partial charge in [-0.2, -0.15) is 0 Å². The van der Waals surface area contributed by atoms with E-state index in [1.165, 1.54) is 11.1 Å². The van der Waals surface area contributed by atoms with E-state index in [0.29, 0.717) is 5.92 Å². The van der Waals surface area contributed by atoms with Crippen LogP contribution < -0.4 is 0 Å². The number of rotatable bonds is 5. The second kappa shape index (κ2) is 5.29. The van der Waals surface area contributed by atoms with Crippen molar-refractivity contribution in [3.8, 4) is 0 Å². The number of carbonyl (C=O) groups excluding carboxylic acids is 1. The fourth-order valence-corrected chi connectivity index (χ4v) is 2.26. The van der Waals surface area contributed by atoms with Gasteiger partial charge in [0, 0.05) is 5.41 Å². The van der Waals surface area contributed by atoms with Crippen molar-refractivity contribution in [3.05, 3.63) is 35.4 Å². The molecule has 1 rings (SSSR count). The third-order valence-corrected chi connectivity index (χ3v) is 3.40. The minimum absolute atomic E-state index is 0.275. The molecule has 1 heteroatoms. The van der Waals surface area contributed by atoms with Crippen molar-refractivity contribution < 1.29 is 4.79 Å². The van der Waals surface area contributed by atoms with Crippen molar-refractivity contribution in [1.29, 1.82) is 0 Å². The Morgan fingerprint density at radius 1 is 1.19 bits per heavy atom. The lowest BCUT2D eigenvalue weighted by atomic mass is 9.74. The van der Waals surface area contributed by atoms with Crippen molar-refractivity contribution >= 4 is 6.29 Å². The summed E-state index contributed by atoms with van der Waals surface area (Å²) in [5.41, 5.74) is 2.35. The van der Waals surface area contributed by atoms with Crippen LogP contribution in [-0.4, -0.2) is 6.29 Å². The molecule has 0 heterocycles. The Bertz CT molecular complexity index is 335. The molecular formula is C15H22O. The van der Waals surface area contributed by atoms with Crippen molar-refractivity contribution in [1.82, 2.24) is 0 Å². The van der Waals surface area contributed by atoms with E-state index in [0.717, 1.165) is 19.1 Å². The summed E-state index contributed by atoms with van der Waals surface area (Å²) in [7, 11) is 0. The lowest BCUT2D eigenvalue weighted by Gasteiger charge is -2.28. The third kappa shape index (κ3) is 2.72. The molecule has 16 heavy (non-hydrogen) atoms. The van der Waals surface area contributed by atoms with Crippen LogP contribution in [0.5, 0.6) is 0 Å². The first-order valence-electron chi connectivity index (χ1n) is 6.10. The van der Waals surface area contributed by atoms with Crippen LogP contribution in [0, 0.1) is 5.41 Å². The summed E-state index contributed by atoms with van der Waals surface area (Å²) in [6.07, 6.45) is 3.14. The molecule has 0 radical (unpaired) electrons. The maximum absolute atomic E-state index is 11.1. The molecule has 0 bridgehead atoms. The van der Waals surface area contributed by atoms with Crippen LogP contribution in [0.15, 0.2) is 24.3 Å². The average Bonchev–Trinajstić information content (AvgIpc) is 2.30. The van der Waals surface area contributed by atoms with Crippen molar-refractivity contribution in [2.24, 2.45) is 5.41 Å². The summed E-state index contributed by atoms with van der Waals surface area (Å²) in [6.45, 7) is 8.33. The van der Waals surface area contributed by atoms with Gasteiger partial charge < -0.3 is 4.79 Å². The number of hydrogen-bond donors (Lipinski definition) is 0. The number of benzene rings is 1. The molecule has 0 aliphatic carbocycles. The van der Waals surface area contributed by atoms with Crippen LogP contribution in [0.3, 0.4) is 0 Å². The van der Waals surface area contributed by atoms with Crippen LogP contribution in [0.2, 0.25) is 0 Å². The minimum atomic E-state index is -0.275. The Morgan fingerprint density at radius 2 is 1.75 bits per heavy atom. The van der Waals surface area contributed by atoms with Gasteiger partial charge in [0.25, 0.3) is 0 Å². The zero-order valence-corrected chi connectivity index (χ0v) is 10.8. The maximum atomic E-state index is 11.1. The third-order valence-electron chi connectivity index (χ3n) is 3.40. The predicted molar refractivity (Wildman–Crippen MR) is 68.7 cm³/mol. The second-order valence-corrected chi connectivity index (χ2v) is 5.00. The standard InChI is InChI=1S/C15H22O/c1-5-12-7-9-13(10-8-12)14(6-2)15(3,4)11-16/h7-11,14H,5-6H2,1-4H3. The molecule has 0 saturated heterocycles. The van der Waals surface area contributed by atoms with Gasteiger partial charge in [-0.3, -0.25) is 0 Å². The van der Waals surface area contributed by atoms with Gasteiger partial charge in [0.05, 0.1) is 0 Å². The molecule has 1 aromatic carbocycles. The minimum Gasteiger partial charge on any atom is -0.303 e. The van der Waals surface area contributed by atoms with E-state index in [2.05, 4.69) is 38.1 Å². The van der Waals surface area contributed by atoms with Crippen LogP contribution in [0.25, 0.3) is 0 Å². The highest BCUT2D eigenvalue weighted by Crippen LogP contribution is 2.36. The van der Waals surface area contributed by atoms with E-state index >= 15 is 0 Å². The van der Waals surface area contributed by atoms with E-state index in [4.69, 9.17) is 0 Å². The molecule has 1 aromatic rings. The molecule has 0 aromatic heterocycles. The fourth-order valence-electron chi connectivity index (χ4n) is 2.26. The first kappa shape index (κ1) is 13.0. The van der Waals surface area contributed by atoms with E-state index in [1.54, 1.807) is 0 Å².